The number of hydrogen-bond donors (Lipinski definition) is 1. The van der Waals surface area contributed by atoms with E-state index < -0.39 is 14.8 Å². The maximum absolute atomic E-state index is 11.3. The van der Waals surface area contributed by atoms with E-state index in [4.69, 9.17) is 14.9 Å². The van der Waals surface area contributed by atoms with E-state index in [1.807, 2.05) is 27.0 Å². The topological polar surface area (TPSA) is 61.6 Å². The molecule has 0 aliphatic carbocycles. The van der Waals surface area contributed by atoms with Crippen molar-refractivity contribution in [1.82, 2.24) is 0 Å². The largest absolute Gasteiger partial charge is 0.465 e. The van der Waals surface area contributed by atoms with E-state index in [2.05, 4.69) is 13.8 Å². The molecule has 1 atom stereocenters. The minimum absolute atomic E-state index is 0.0644. The molecule has 0 aliphatic rings. The molecule has 18 heavy (non-hydrogen) atoms. The first-order valence-corrected chi connectivity index (χ1v) is 8.75. The minimum atomic E-state index is -0.777. The molecule has 0 saturated carbocycles. The highest BCUT2D eigenvalue weighted by Crippen LogP contribution is 2.30. The van der Waals surface area contributed by atoms with Crippen LogP contribution in [0.15, 0.2) is 0 Å². The van der Waals surface area contributed by atoms with E-state index in [0.717, 1.165) is 6.42 Å². The van der Waals surface area contributed by atoms with Gasteiger partial charge in [-0.05, 0) is 24.6 Å². The van der Waals surface area contributed by atoms with Gasteiger partial charge in [-0.3, -0.25) is 10.5 Å². The number of hydrogen-bond acceptors (Lipinski definition) is 5. The Labute approximate surface area is 117 Å². The van der Waals surface area contributed by atoms with Crippen LogP contribution in [-0.2, 0) is 14.0 Å². The molecule has 0 rings (SSSR count). The van der Waals surface area contributed by atoms with Gasteiger partial charge in [-0.25, -0.2) is 0 Å². The standard InChI is InChI=1S/C12H27NO3SSi/c1-9(2)10(14)15-8-7-11(3,4)18-16-12(5,13)17-6/h9H,7-8,13,18H2,1-6H3. The summed E-state index contributed by atoms with van der Waals surface area (Å²) in [6.45, 7) is 10.3. The van der Waals surface area contributed by atoms with Gasteiger partial charge in [-0.2, -0.15) is 0 Å². The third kappa shape index (κ3) is 8.13. The second-order valence-electron chi connectivity index (χ2n) is 5.75. The average Bonchev–Trinajstić information content (AvgIpc) is 2.26. The summed E-state index contributed by atoms with van der Waals surface area (Å²) in [5.74, 6) is -0.202. The van der Waals surface area contributed by atoms with Gasteiger partial charge in [-0.15, -0.1) is 11.8 Å². The molecule has 2 N–H and O–H groups in total. The fourth-order valence-electron chi connectivity index (χ4n) is 1.06. The predicted octanol–water partition coefficient (Wildman–Crippen LogP) is 1.87. The number of thioether (sulfide) groups is 1. The molecule has 0 bridgehead atoms. The molecular formula is C12H27NO3SSi. The van der Waals surface area contributed by atoms with Gasteiger partial charge < -0.3 is 9.16 Å². The quantitative estimate of drug-likeness (QED) is 0.420. The molecule has 4 nitrogen and oxygen atoms in total. The lowest BCUT2D eigenvalue weighted by Crippen LogP contribution is -2.39. The number of nitrogens with two attached hydrogens (primary N) is 1. The highest BCUT2D eigenvalue weighted by molar-refractivity contribution is 7.99. The van der Waals surface area contributed by atoms with Crippen molar-refractivity contribution in [3.05, 3.63) is 0 Å². The van der Waals surface area contributed by atoms with Gasteiger partial charge in [0, 0.05) is 0 Å². The molecule has 0 heterocycles. The number of rotatable bonds is 8. The summed E-state index contributed by atoms with van der Waals surface area (Å²) in [7, 11) is -0.777. The van der Waals surface area contributed by atoms with Crippen molar-refractivity contribution < 1.29 is 14.0 Å². The Morgan fingerprint density at radius 2 is 1.94 bits per heavy atom. The van der Waals surface area contributed by atoms with Crippen LogP contribution in [0.3, 0.4) is 0 Å². The third-order valence-electron chi connectivity index (χ3n) is 2.65. The van der Waals surface area contributed by atoms with E-state index in [1.54, 1.807) is 0 Å². The molecule has 6 heteroatoms. The van der Waals surface area contributed by atoms with Gasteiger partial charge >= 0.3 is 5.97 Å². The number of esters is 1. The first kappa shape index (κ1) is 18.0. The maximum atomic E-state index is 11.3. The summed E-state index contributed by atoms with van der Waals surface area (Å²) in [5.41, 5.74) is 5.93. The molecule has 0 amide bonds. The smallest absolute Gasteiger partial charge is 0.308 e. The molecule has 0 fully saturated rings. The lowest BCUT2D eigenvalue weighted by atomic mass is 10.1. The first-order chi connectivity index (χ1) is 8.09. The number of ether oxygens (including phenoxy) is 1. The zero-order valence-electron chi connectivity index (χ0n) is 12.4. The van der Waals surface area contributed by atoms with Crippen molar-refractivity contribution in [2.75, 3.05) is 12.9 Å². The van der Waals surface area contributed by atoms with E-state index >= 15 is 0 Å². The lowest BCUT2D eigenvalue weighted by Gasteiger charge is -2.30. The molecule has 0 aromatic heterocycles. The zero-order chi connectivity index (χ0) is 14.4. The van der Waals surface area contributed by atoms with Crippen LogP contribution in [0.4, 0.5) is 0 Å². The molecule has 108 valence electrons. The summed E-state index contributed by atoms with van der Waals surface area (Å²) >= 11 is 1.51. The first-order valence-electron chi connectivity index (χ1n) is 6.24. The molecule has 0 aliphatic heterocycles. The molecule has 0 radical (unpaired) electrons. The van der Waals surface area contributed by atoms with Crippen molar-refractivity contribution >= 4 is 27.5 Å². The Hall–Kier alpha value is -0.0431. The maximum Gasteiger partial charge on any atom is 0.308 e. The minimum Gasteiger partial charge on any atom is -0.465 e. The van der Waals surface area contributed by atoms with E-state index in [1.165, 1.54) is 11.8 Å². The number of carbonyl (C=O) groups is 1. The SMILES string of the molecule is CSC(C)(N)O[SiH2]C(C)(C)CCOC(=O)C(C)C. The normalized spacial score (nSPS) is 16.2. The monoisotopic (exact) mass is 293 g/mol. The fourth-order valence-corrected chi connectivity index (χ4v) is 2.68. The summed E-state index contributed by atoms with van der Waals surface area (Å²) in [6, 6.07) is 0. The molecule has 0 aromatic carbocycles. The summed E-state index contributed by atoms with van der Waals surface area (Å²) in [5, 5.41) is -0.522. The van der Waals surface area contributed by atoms with Gasteiger partial charge in [0.2, 0.25) is 0 Å². The van der Waals surface area contributed by atoms with Gasteiger partial charge in [-0.1, -0.05) is 27.7 Å². The lowest BCUT2D eigenvalue weighted by molar-refractivity contribution is -0.147. The molecular weight excluding hydrogens is 266 g/mol. The van der Waals surface area contributed by atoms with Crippen molar-refractivity contribution in [3.63, 3.8) is 0 Å². The van der Waals surface area contributed by atoms with Crippen LogP contribution in [0.5, 0.6) is 0 Å². The van der Waals surface area contributed by atoms with E-state index in [0.29, 0.717) is 6.61 Å². The Morgan fingerprint density at radius 1 is 1.39 bits per heavy atom. The fraction of sp³-hybridized carbons (Fsp3) is 0.917. The van der Waals surface area contributed by atoms with Crippen molar-refractivity contribution in [2.45, 2.75) is 51.1 Å². The summed E-state index contributed by atoms with van der Waals surface area (Å²) in [4.78, 5) is 11.3. The predicted molar refractivity (Wildman–Crippen MR) is 80.2 cm³/mol. The van der Waals surface area contributed by atoms with Crippen LogP contribution in [0, 0.1) is 5.92 Å². The van der Waals surface area contributed by atoms with Crippen LogP contribution < -0.4 is 5.73 Å². The molecule has 1 unspecified atom stereocenters. The van der Waals surface area contributed by atoms with Crippen molar-refractivity contribution in [3.8, 4) is 0 Å². The van der Waals surface area contributed by atoms with Gasteiger partial charge in [0.25, 0.3) is 0 Å². The van der Waals surface area contributed by atoms with E-state index in [9.17, 15) is 4.79 Å². The molecule has 0 aromatic rings. The molecule has 0 spiro atoms. The van der Waals surface area contributed by atoms with Crippen LogP contribution in [0.25, 0.3) is 0 Å². The zero-order valence-corrected chi connectivity index (χ0v) is 14.6. The Balaban J connectivity index is 3.97. The summed E-state index contributed by atoms with van der Waals surface area (Å²) in [6.07, 6.45) is 2.76. The Bertz CT molecular complexity index is 270. The van der Waals surface area contributed by atoms with Crippen LogP contribution >= 0.6 is 11.8 Å². The highest BCUT2D eigenvalue weighted by atomic mass is 32.2. The second-order valence-corrected chi connectivity index (χ2v) is 9.46. The molecule has 0 saturated heterocycles. The average molecular weight is 294 g/mol. The second kappa shape index (κ2) is 7.52. The van der Waals surface area contributed by atoms with E-state index in [-0.39, 0.29) is 16.9 Å². The van der Waals surface area contributed by atoms with Crippen LogP contribution in [-0.4, -0.2) is 33.7 Å². The van der Waals surface area contributed by atoms with Gasteiger partial charge in [0.15, 0.2) is 14.8 Å². The number of carbonyl (C=O) groups excluding carboxylic acids is 1. The van der Waals surface area contributed by atoms with Gasteiger partial charge in [0.1, 0.15) is 0 Å². The Morgan fingerprint density at radius 3 is 2.39 bits per heavy atom. The van der Waals surface area contributed by atoms with Crippen molar-refractivity contribution in [1.29, 1.82) is 0 Å². The van der Waals surface area contributed by atoms with Crippen LogP contribution in [0.1, 0.15) is 41.0 Å². The van der Waals surface area contributed by atoms with Crippen molar-refractivity contribution in [2.24, 2.45) is 11.7 Å². The third-order valence-corrected chi connectivity index (χ3v) is 5.67. The Kier molecular flexibility index (Phi) is 7.50. The van der Waals surface area contributed by atoms with Crippen LogP contribution in [0.2, 0.25) is 5.04 Å². The highest BCUT2D eigenvalue weighted by Gasteiger charge is 2.25. The van der Waals surface area contributed by atoms with Gasteiger partial charge in [0.05, 0.1) is 12.5 Å². The summed E-state index contributed by atoms with van der Waals surface area (Å²) < 4.78 is 11.0.